The molecule has 7 nitrogen and oxygen atoms in total. The summed E-state index contributed by atoms with van der Waals surface area (Å²) in [6, 6.07) is 11.4. The molecule has 0 unspecified atom stereocenters. The highest BCUT2D eigenvalue weighted by molar-refractivity contribution is 6.05. The van der Waals surface area contributed by atoms with Gasteiger partial charge in [0.1, 0.15) is 11.9 Å². The van der Waals surface area contributed by atoms with Crippen LogP contribution in [0.2, 0.25) is 0 Å². The van der Waals surface area contributed by atoms with Gasteiger partial charge in [-0.2, -0.15) is 0 Å². The van der Waals surface area contributed by atoms with Gasteiger partial charge in [0, 0.05) is 47.4 Å². The van der Waals surface area contributed by atoms with E-state index in [1.807, 2.05) is 56.4 Å². The minimum atomic E-state index is -0.546. The molecule has 1 fully saturated rings. The number of benzene rings is 1. The van der Waals surface area contributed by atoms with Crippen LogP contribution >= 0.6 is 0 Å². The number of nitrogens with zero attached hydrogens (tertiary/aromatic N) is 2. The lowest BCUT2D eigenvalue weighted by Crippen LogP contribution is -2.52. The van der Waals surface area contributed by atoms with E-state index in [1.54, 1.807) is 12.3 Å². The Hall–Kier alpha value is -3.74. The predicted octanol–water partition coefficient (Wildman–Crippen LogP) is 5.16. The third-order valence-electron chi connectivity index (χ3n) is 7.29. The van der Waals surface area contributed by atoms with E-state index in [9.17, 15) is 9.59 Å². The molecular formula is C29H32N4O3. The first-order valence-corrected chi connectivity index (χ1v) is 12.8. The summed E-state index contributed by atoms with van der Waals surface area (Å²) in [6.45, 7) is 4.09. The van der Waals surface area contributed by atoms with Crippen molar-refractivity contribution in [2.24, 2.45) is 5.41 Å². The average Bonchev–Trinajstić information content (AvgIpc) is 2.89. The van der Waals surface area contributed by atoms with E-state index in [1.165, 1.54) is 0 Å². The van der Waals surface area contributed by atoms with E-state index in [-0.39, 0.29) is 11.8 Å². The summed E-state index contributed by atoms with van der Waals surface area (Å²) in [6.07, 6.45) is 10.7. The molecule has 186 valence electrons. The molecule has 2 aliphatic rings. The summed E-state index contributed by atoms with van der Waals surface area (Å²) in [4.78, 5) is 34.2. The Morgan fingerprint density at radius 3 is 2.64 bits per heavy atom. The monoisotopic (exact) mass is 484 g/mol. The Labute approximate surface area is 211 Å². The smallest absolute Gasteiger partial charge is 0.328 e. The van der Waals surface area contributed by atoms with E-state index >= 15 is 0 Å². The Morgan fingerprint density at radius 1 is 1.14 bits per heavy atom. The first kappa shape index (κ1) is 24.0. The zero-order valence-corrected chi connectivity index (χ0v) is 20.8. The minimum absolute atomic E-state index is 0.190. The topological polar surface area (TPSA) is 93.2 Å². The number of fused-ring (bicyclic) bond motifs is 1. The Kier molecular flexibility index (Phi) is 6.72. The minimum Gasteiger partial charge on any atom is -0.464 e. The van der Waals surface area contributed by atoms with Gasteiger partial charge < -0.3 is 15.4 Å². The molecule has 7 heteroatoms. The van der Waals surface area contributed by atoms with Gasteiger partial charge in [-0.15, -0.1) is 0 Å². The van der Waals surface area contributed by atoms with Gasteiger partial charge in [0.2, 0.25) is 0 Å². The molecule has 0 saturated heterocycles. The fourth-order valence-electron chi connectivity index (χ4n) is 5.35. The standard InChI is InChI=1S/C29H32N4O3/c1-3-36-28(35)24(33-25-17-26(34)29(25)12-5-4-6-13-29)16-20-7-9-22(10-8-20)32-27-23-18-30-14-11-21(23)15-19(2)31-27/h7-11,14-15,17-18,24,33H,3-6,12-13,16H2,1-2H3,(H,31,32)/t24-/m0/s1. The zero-order chi connectivity index (χ0) is 25.1. The van der Waals surface area contributed by atoms with Gasteiger partial charge in [-0.05, 0) is 61.9 Å². The summed E-state index contributed by atoms with van der Waals surface area (Å²) in [7, 11) is 0. The second-order valence-corrected chi connectivity index (χ2v) is 9.75. The van der Waals surface area contributed by atoms with Gasteiger partial charge in [0.05, 0.1) is 12.0 Å². The van der Waals surface area contributed by atoms with Crippen molar-refractivity contribution in [3.05, 3.63) is 71.8 Å². The number of aromatic nitrogens is 2. The molecule has 2 aromatic heterocycles. The fourth-order valence-corrected chi connectivity index (χ4v) is 5.35. The number of pyridine rings is 2. The lowest BCUT2D eigenvalue weighted by Gasteiger charge is -2.44. The summed E-state index contributed by atoms with van der Waals surface area (Å²) in [5.74, 6) is 0.653. The number of ether oxygens (including phenoxy) is 1. The third-order valence-corrected chi connectivity index (χ3v) is 7.29. The van der Waals surface area contributed by atoms with Gasteiger partial charge in [-0.1, -0.05) is 31.4 Å². The summed E-state index contributed by atoms with van der Waals surface area (Å²) in [5, 5.41) is 8.83. The highest BCUT2D eigenvalue weighted by atomic mass is 16.5. The van der Waals surface area contributed by atoms with Crippen molar-refractivity contribution < 1.29 is 14.3 Å². The molecule has 1 saturated carbocycles. The summed E-state index contributed by atoms with van der Waals surface area (Å²) in [5.41, 5.74) is 3.30. The molecule has 0 radical (unpaired) electrons. The number of rotatable bonds is 8. The predicted molar refractivity (Wildman–Crippen MR) is 140 cm³/mol. The maximum absolute atomic E-state index is 12.8. The van der Waals surface area contributed by atoms with Crippen LogP contribution in [0.1, 0.15) is 50.3 Å². The highest BCUT2D eigenvalue weighted by Crippen LogP contribution is 2.48. The van der Waals surface area contributed by atoms with Gasteiger partial charge in [-0.25, -0.2) is 9.78 Å². The van der Waals surface area contributed by atoms with Crippen LogP contribution in [0.25, 0.3) is 10.8 Å². The molecule has 2 N–H and O–H groups in total. The van der Waals surface area contributed by atoms with E-state index in [4.69, 9.17) is 4.74 Å². The van der Waals surface area contributed by atoms with Crippen LogP contribution in [-0.2, 0) is 20.7 Å². The zero-order valence-electron chi connectivity index (χ0n) is 20.8. The fraction of sp³-hybridized carbons (Fsp3) is 0.379. The SMILES string of the molecule is CCOC(=O)[C@H](Cc1ccc(Nc2nc(C)cc3ccncc23)cc1)NC1=CC(=O)C12CCCCC2. The molecule has 1 aromatic carbocycles. The molecule has 0 bridgehead atoms. The number of nitrogens with one attached hydrogen (secondary N) is 2. The second-order valence-electron chi connectivity index (χ2n) is 9.75. The van der Waals surface area contributed by atoms with E-state index in [0.29, 0.717) is 13.0 Å². The van der Waals surface area contributed by atoms with Crippen molar-refractivity contribution in [2.75, 3.05) is 11.9 Å². The van der Waals surface area contributed by atoms with E-state index < -0.39 is 11.5 Å². The molecule has 0 aliphatic heterocycles. The molecule has 5 rings (SSSR count). The number of carbonyl (C=O) groups excluding carboxylic acids is 2. The molecule has 1 atom stereocenters. The molecule has 3 aromatic rings. The summed E-state index contributed by atoms with van der Waals surface area (Å²) >= 11 is 0. The normalized spacial score (nSPS) is 17.3. The number of hydrogen-bond donors (Lipinski definition) is 2. The Bertz CT molecular complexity index is 1310. The van der Waals surface area contributed by atoms with E-state index in [0.717, 1.165) is 71.3 Å². The number of carbonyl (C=O) groups is 2. The molecular weight excluding hydrogens is 452 g/mol. The van der Waals surface area contributed by atoms with Crippen LogP contribution in [0.3, 0.4) is 0 Å². The lowest BCUT2D eigenvalue weighted by molar-refractivity contribution is -0.146. The number of esters is 1. The largest absolute Gasteiger partial charge is 0.464 e. The van der Waals surface area contributed by atoms with Gasteiger partial charge in [0.25, 0.3) is 0 Å². The number of anilines is 2. The Balaban J connectivity index is 1.31. The number of allylic oxidation sites excluding steroid dienone is 2. The molecule has 1 spiro atoms. The van der Waals surface area contributed by atoms with Crippen molar-refractivity contribution in [1.29, 1.82) is 0 Å². The Morgan fingerprint density at radius 2 is 1.92 bits per heavy atom. The molecule has 36 heavy (non-hydrogen) atoms. The molecule has 2 heterocycles. The second kappa shape index (κ2) is 10.1. The van der Waals surface area contributed by atoms with Crippen LogP contribution in [0.15, 0.2) is 60.6 Å². The van der Waals surface area contributed by atoms with Gasteiger partial charge in [0.15, 0.2) is 5.78 Å². The first-order valence-electron chi connectivity index (χ1n) is 12.8. The quantitative estimate of drug-likeness (QED) is 0.427. The van der Waals surface area contributed by atoms with Gasteiger partial charge in [-0.3, -0.25) is 9.78 Å². The average molecular weight is 485 g/mol. The van der Waals surface area contributed by atoms with E-state index in [2.05, 4.69) is 20.6 Å². The first-order chi connectivity index (χ1) is 17.5. The van der Waals surface area contributed by atoms with Crippen molar-refractivity contribution >= 4 is 34.0 Å². The maximum atomic E-state index is 12.8. The molecule has 0 amide bonds. The van der Waals surface area contributed by atoms with Crippen molar-refractivity contribution in [3.8, 4) is 0 Å². The van der Waals surface area contributed by atoms with Crippen LogP contribution in [0, 0.1) is 12.3 Å². The van der Waals surface area contributed by atoms with Crippen LogP contribution in [0.4, 0.5) is 11.5 Å². The highest BCUT2D eigenvalue weighted by Gasteiger charge is 2.49. The van der Waals surface area contributed by atoms with Crippen molar-refractivity contribution in [3.63, 3.8) is 0 Å². The summed E-state index contributed by atoms with van der Waals surface area (Å²) < 4.78 is 5.36. The van der Waals surface area contributed by atoms with Crippen molar-refractivity contribution in [2.45, 2.75) is 58.4 Å². The van der Waals surface area contributed by atoms with Crippen molar-refractivity contribution in [1.82, 2.24) is 15.3 Å². The number of hydrogen-bond acceptors (Lipinski definition) is 7. The third kappa shape index (κ3) is 4.70. The van der Waals surface area contributed by atoms with Crippen LogP contribution in [0.5, 0.6) is 0 Å². The van der Waals surface area contributed by atoms with Crippen LogP contribution < -0.4 is 10.6 Å². The van der Waals surface area contributed by atoms with Gasteiger partial charge >= 0.3 is 5.97 Å². The maximum Gasteiger partial charge on any atom is 0.328 e. The number of aryl methyl sites for hydroxylation is 1. The number of ketones is 1. The lowest BCUT2D eigenvalue weighted by atomic mass is 9.62. The molecule has 2 aliphatic carbocycles. The van der Waals surface area contributed by atoms with Crippen LogP contribution in [-0.4, -0.2) is 34.4 Å².